The summed E-state index contributed by atoms with van der Waals surface area (Å²) in [6.45, 7) is 4.90. The zero-order valence-electron chi connectivity index (χ0n) is 18.4. The molecule has 1 aromatic carbocycles. The minimum absolute atomic E-state index is 0. The summed E-state index contributed by atoms with van der Waals surface area (Å²) in [7, 11) is 0. The predicted molar refractivity (Wildman–Crippen MR) is 129 cm³/mol. The van der Waals surface area contributed by atoms with E-state index in [1.165, 1.54) is 28.2 Å². The van der Waals surface area contributed by atoms with Crippen LogP contribution in [0.5, 0.6) is 5.75 Å². The molecular formula is C25H34ClNO3S. The number of aliphatic hydroxyl groups excluding tert-OH is 1. The van der Waals surface area contributed by atoms with Crippen LogP contribution in [0.2, 0.25) is 0 Å². The quantitative estimate of drug-likeness (QED) is 0.570. The lowest BCUT2D eigenvalue weighted by atomic mass is 9.87. The molecule has 1 unspecified atom stereocenters. The first-order valence-corrected chi connectivity index (χ1v) is 12.2. The van der Waals surface area contributed by atoms with Gasteiger partial charge < -0.3 is 15.2 Å². The summed E-state index contributed by atoms with van der Waals surface area (Å²) >= 11 is 1.75. The highest BCUT2D eigenvalue weighted by atomic mass is 35.5. The van der Waals surface area contributed by atoms with Gasteiger partial charge in [-0.1, -0.05) is 25.5 Å². The Hall–Kier alpha value is -1.40. The van der Waals surface area contributed by atoms with Crippen LogP contribution in [0.4, 0.5) is 0 Å². The second-order valence-electron chi connectivity index (χ2n) is 8.78. The molecule has 1 aromatic heterocycles. The fourth-order valence-corrected chi connectivity index (χ4v) is 5.74. The highest BCUT2D eigenvalue weighted by molar-refractivity contribution is 7.12. The van der Waals surface area contributed by atoms with Crippen molar-refractivity contribution in [3.05, 3.63) is 51.2 Å². The van der Waals surface area contributed by atoms with Gasteiger partial charge in [-0.3, -0.25) is 4.79 Å². The van der Waals surface area contributed by atoms with E-state index >= 15 is 0 Å². The average Bonchev–Trinajstić information content (AvgIpc) is 3.30. The van der Waals surface area contributed by atoms with Crippen molar-refractivity contribution in [1.82, 2.24) is 5.32 Å². The van der Waals surface area contributed by atoms with Gasteiger partial charge in [0, 0.05) is 33.8 Å². The van der Waals surface area contributed by atoms with E-state index in [0.717, 1.165) is 43.4 Å². The normalized spacial score (nSPS) is 25.2. The van der Waals surface area contributed by atoms with E-state index in [9.17, 15) is 9.90 Å². The topological polar surface area (TPSA) is 58.6 Å². The van der Waals surface area contributed by atoms with Crippen molar-refractivity contribution < 1.29 is 14.6 Å². The Bertz CT molecular complexity index is 866. The maximum atomic E-state index is 12.8. The molecule has 2 N–H and O–H groups in total. The molecule has 1 saturated carbocycles. The Morgan fingerprint density at radius 3 is 2.71 bits per heavy atom. The lowest BCUT2D eigenvalue weighted by Crippen LogP contribution is -2.44. The van der Waals surface area contributed by atoms with Gasteiger partial charge in [0.05, 0.1) is 0 Å². The summed E-state index contributed by atoms with van der Waals surface area (Å²) in [4.78, 5) is 15.2. The van der Waals surface area contributed by atoms with Crippen LogP contribution in [-0.4, -0.2) is 35.7 Å². The number of unbranched alkanes of at least 4 members (excludes halogenated alkanes) is 1. The van der Waals surface area contributed by atoms with Crippen molar-refractivity contribution in [2.45, 2.75) is 77.0 Å². The molecule has 1 heterocycles. The van der Waals surface area contributed by atoms with Gasteiger partial charge in [-0.15, -0.1) is 23.7 Å². The Morgan fingerprint density at radius 2 is 1.97 bits per heavy atom. The van der Waals surface area contributed by atoms with E-state index in [0.29, 0.717) is 6.54 Å². The van der Waals surface area contributed by atoms with Gasteiger partial charge in [0.1, 0.15) is 18.0 Å². The molecule has 2 aliphatic carbocycles. The maximum absolute atomic E-state index is 12.8. The SMILES string of the molecule is CCCCc1ccc(O[C@@H]2CC[C@@H](NCC3CCc4sc(C)cc4C3=O)[C@@H]2O)cc1.Cl. The summed E-state index contributed by atoms with van der Waals surface area (Å²) < 4.78 is 6.08. The Kier molecular flexibility index (Phi) is 8.57. The maximum Gasteiger partial charge on any atom is 0.168 e. The summed E-state index contributed by atoms with van der Waals surface area (Å²) in [5.41, 5.74) is 2.25. The van der Waals surface area contributed by atoms with Crippen molar-refractivity contribution in [3.8, 4) is 5.75 Å². The molecule has 0 radical (unpaired) electrons. The van der Waals surface area contributed by atoms with Crippen LogP contribution in [0.25, 0.3) is 0 Å². The number of rotatable bonds is 8. The molecule has 4 atom stereocenters. The number of ketones is 1. The van der Waals surface area contributed by atoms with Crippen molar-refractivity contribution >= 4 is 29.5 Å². The van der Waals surface area contributed by atoms with E-state index in [-0.39, 0.29) is 36.3 Å². The molecule has 0 bridgehead atoms. The van der Waals surface area contributed by atoms with E-state index in [2.05, 4.69) is 31.3 Å². The zero-order valence-corrected chi connectivity index (χ0v) is 20.1. The third-order valence-electron chi connectivity index (χ3n) is 6.50. The molecule has 2 aromatic rings. The third kappa shape index (κ3) is 5.70. The number of carbonyl (C=O) groups excluding carboxylic acids is 1. The molecular weight excluding hydrogens is 430 g/mol. The van der Waals surface area contributed by atoms with E-state index in [1.807, 2.05) is 18.2 Å². The lowest BCUT2D eigenvalue weighted by molar-refractivity contribution is 0.0441. The monoisotopic (exact) mass is 463 g/mol. The molecule has 0 amide bonds. The van der Waals surface area contributed by atoms with Crippen LogP contribution in [0.3, 0.4) is 0 Å². The Balaban J connectivity index is 0.00000272. The highest BCUT2D eigenvalue weighted by Gasteiger charge is 2.37. The van der Waals surface area contributed by atoms with Crippen LogP contribution in [0.1, 0.15) is 64.7 Å². The van der Waals surface area contributed by atoms with Crippen LogP contribution < -0.4 is 10.1 Å². The summed E-state index contributed by atoms with van der Waals surface area (Å²) in [6, 6.07) is 10.3. The molecule has 0 saturated heterocycles. The Labute approximate surface area is 195 Å². The summed E-state index contributed by atoms with van der Waals surface area (Å²) in [5, 5.41) is 14.2. The molecule has 6 heteroatoms. The van der Waals surface area contributed by atoms with Crippen molar-refractivity contribution in [2.75, 3.05) is 6.54 Å². The summed E-state index contributed by atoms with van der Waals surface area (Å²) in [6.07, 6.45) is 6.31. The van der Waals surface area contributed by atoms with Crippen molar-refractivity contribution in [2.24, 2.45) is 5.92 Å². The first-order valence-electron chi connectivity index (χ1n) is 11.4. The minimum Gasteiger partial charge on any atom is -0.488 e. The largest absolute Gasteiger partial charge is 0.488 e. The van der Waals surface area contributed by atoms with Gasteiger partial charge in [0.15, 0.2) is 5.78 Å². The number of hydrogen-bond donors (Lipinski definition) is 2. The smallest absolute Gasteiger partial charge is 0.168 e. The van der Waals surface area contributed by atoms with E-state index < -0.39 is 6.10 Å². The number of nitrogens with one attached hydrogen (secondary N) is 1. The third-order valence-corrected chi connectivity index (χ3v) is 7.61. The van der Waals surface area contributed by atoms with Gasteiger partial charge in [-0.2, -0.15) is 0 Å². The number of aryl methyl sites for hydroxylation is 3. The molecule has 0 spiro atoms. The number of ether oxygens (including phenoxy) is 1. The van der Waals surface area contributed by atoms with Crippen molar-refractivity contribution in [1.29, 1.82) is 0 Å². The van der Waals surface area contributed by atoms with Crippen LogP contribution >= 0.6 is 23.7 Å². The molecule has 1 fully saturated rings. The lowest BCUT2D eigenvalue weighted by Gasteiger charge is -2.25. The van der Waals surface area contributed by atoms with Gasteiger partial charge in [0.2, 0.25) is 0 Å². The standard InChI is InChI=1S/C25H33NO3S.ClH/c1-3-4-5-17-6-9-19(10-7-17)29-22-12-11-21(25(22)28)26-15-18-8-13-23-20(24(18)27)14-16(2)30-23;/h6-7,9-10,14,18,21-22,25-26,28H,3-5,8,11-13,15H2,1-2H3;1H/t18?,21-,22-,25+;/m1./s1. The van der Waals surface area contributed by atoms with Gasteiger partial charge in [-0.25, -0.2) is 0 Å². The molecule has 4 rings (SSSR count). The number of Topliss-reactive ketones (excluding diaryl/α,β-unsaturated/α-hetero) is 1. The number of hydrogen-bond acceptors (Lipinski definition) is 5. The van der Waals surface area contributed by atoms with Crippen LogP contribution in [-0.2, 0) is 12.8 Å². The second-order valence-corrected chi connectivity index (χ2v) is 10.1. The van der Waals surface area contributed by atoms with Gasteiger partial charge in [-0.05, 0) is 69.2 Å². The molecule has 4 nitrogen and oxygen atoms in total. The van der Waals surface area contributed by atoms with E-state index in [4.69, 9.17) is 4.74 Å². The molecule has 31 heavy (non-hydrogen) atoms. The van der Waals surface area contributed by atoms with Crippen molar-refractivity contribution in [3.63, 3.8) is 0 Å². The fraction of sp³-hybridized carbons (Fsp3) is 0.560. The number of fused-ring (bicyclic) bond motifs is 1. The highest BCUT2D eigenvalue weighted by Crippen LogP contribution is 2.32. The van der Waals surface area contributed by atoms with Crippen LogP contribution in [0.15, 0.2) is 30.3 Å². The van der Waals surface area contributed by atoms with Gasteiger partial charge in [0.25, 0.3) is 0 Å². The second kappa shape index (κ2) is 11.0. The zero-order chi connectivity index (χ0) is 21.1. The number of thiophene rings is 1. The Morgan fingerprint density at radius 1 is 1.19 bits per heavy atom. The van der Waals surface area contributed by atoms with E-state index in [1.54, 1.807) is 11.3 Å². The molecule has 170 valence electrons. The predicted octanol–water partition coefficient (Wildman–Crippen LogP) is 5.13. The minimum atomic E-state index is -0.553. The van der Waals surface area contributed by atoms with Gasteiger partial charge >= 0.3 is 0 Å². The number of benzene rings is 1. The first-order chi connectivity index (χ1) is 14.5. The number of aliphatic hydroxyl groups is 1. The van der Waals surface area contributed by atoms with Crippen LogP contribution in [0, 0.1) is 12.8 Å². The average molecular weight is 464 g/mol. The molecule has 0 aliphatic heterocycles. The molecule has 2 aliphatic rings. The fourth-order valence-electron chi connectivity index (χ4n) is 4.69. The first kappa shape index (κ1) is 24.2. The summed E-state index contributed by atoms with van der Waals surface area (Å²) in [5.74, 6) is 1.09. The number of carbonyl (C=O) groups is 1. The number of halogens is 1.